The van der Waals surface area contributed by atoms with E-state index in [1.807, 2.05) is 0 Å². The maximum atomic E-state index is 12.5. The van der Waals surface area contributed by atoms with Gasteiger partial charge in [0.1, 0.15) is 5.75 Å². The molecule has 1 aliphatic rings. The normalized spacial score (nSPS) is 15.9. The van der Waals surface area contributed by atoms with Crippen molar-refractivity contribution in [3.05, 3.63) is 23.8 Å². The van der Waals surface area contributed by atoms with E-state index >= 15 is 0 Å². The van der Waals surface area contributed by atoms with Crippen molar-refractivity contribution in [1.82, 2.24) is 0 Å². The van der Waals surface area contributed by atoms with Crippen LogP contribution in [0.25, 0.3) is 0 Å². The maximum absolute atomic E-state index is 12.5. The largest absolute Gasteiger partial charge is 0.493 e. The number of alkyl halides is 3. The number of ether oxygens (including phenoxy) is 1. The highest BCUT2D eigenvalue weighted by molar-refractivity contribution is 5.48. The van der Waals surface area contributed by atoms with Gasteiger partial charge in [-0.3, -0.25) is 0 Å². The fourth-order valence-electron chi connectivity index (χ4n) is 1.62. The van der Waals surface area contributed by atoms with Gasteiger partial charge in [0, 0.05) is 11.8 Å². The molecule has 1 saturated carbocycles. The molecule has 0 saturated heterocycles. The summed E-state index contributed by atoms with van der Waals surface area (Å²) in [6.07, 6.45) is -1.08. The lowest BCUT2D eigenvalue weighted by atomic mass is 10.2. The quantitative estimate of drug-likeness (QED) is 0.824. The van der Waals surface area contributed by atoms with Crippen LogP contribution in [-0.2, 0) is 6.18 Å². The molecule has 1 aliphatic carbocycles. The van der Waals surface area contributed by atoms with Crippen molar-refractivity contribution in [2.24, 2.45) is 5.92 Å². The zero-order valence-corrected chi connectivity index (χ0v) is 9.26. The molecule has 0 bridgehead atoms. The molecule has 0 amide bonds. The molecule has 5 heteroatoms. The first-order chi connectivity index (χ1) is 7.95. The molecule has 1 fully saturated rings. The lowest BCUT2D eigenvalue weighted by Crippen LogP contribution is -2.07. The van der Waals surface area contributed by atoms with Crippen LogP contribution in [0.15, 0.2) is 18.2 Å². The van der Waals surface area contributed by atoms with Crippen molar-refractivity contribution in [1.29, 1.82) is 0 Å². The first-order valence-electron chi connectivity index (χ1n) is 5.56. The molecule has 0 unspecified atom stereocenters. The summed E-state index contributed by atoms with van der Waals surface area (Å²) in [6, 6.07) is 3.32. The van der Waals surface area contributed by atoms with Crippen LogP contribution in [0.2, 0.25) is 0 Å². The summed E-state index contributed by atoms with van der Waals surface area (Å²) >= 11 is 0. The van der Waals surface area contributed by atoms with Crippen LogP contribution in [0.1, 0.15) is 24.8 Å². The molecule has 1 aromatic carbocycles. The number of anilines is 1. The van der Waals surface area contributed by atoms with Crippen LogP contribution in [0.4, 0.5) is 18.9 Å². The number of nitrogen functional groups attached to an aromatic ring is 1. The Bertz CT molecular complexity index is 399. The minimum absolute atomic E-state index is 0.0706. The molecule has 1 aromatic rings. The van der Waals surface area contributed by atoms with E-state index in [-0.39, 0.29) is 11.4 Å². The highest BCUT2D eigenvalue weighted by Crippen LogP contribution is 2.34. The van der Waals surface area contributed by atoms with E-state index in [0.717, 1.165) is 18.6 Å². The zero-order valence-electron chi connectivity index (χ0n) is 9.26. The summed E-state index contributed by atoms with van der Waals surface area (Å²) in [4.78, 5) is 0. The Balaban J connectivity index is 2.02. The number of nitrogens with two attached hydrogens (primary N) is 1. The van der Waals surface area contributed by atoms with Crippen LogP contribution in [0, 0.1) is 5.92 Å². The van der Waals surface area contributed by atoms with Crippen molar-refractivity contribution < 1.29 is 17.9 Å². The SMILES string of the molecule is Nc1cc(OCCC2CC2)cc(C(F)(F)F)c1. The molecule has 0 atom stereocenters. The standard InChI is InChI=1S/C12H14F3NO/c13-12(14,15)9-5-10(16)7-11(6-9)17-4-3-8-1-2-8/h5-8H,1-4,16H2. The van der Waals surface area contributed by atoms with Crippen LogP contribution < -0.4 is 10.5 Å². The second-order valence-corrected chi connectivity index (χ2v) is 4.37. The predicted octanol–water partition coefficient (Wildman–Crippen LogP) is 3.47. The molecular weight excluding hydrogens is 231 g/mol. The number of hydrogen-bond acceptors (Lipinski definition) is 2. The molecule has 94 valence electrons. The maximum Gasteiger partial charge on any atom is 0.416 e. The lowest BCUT2D eigenvalue weighted by molar-refractivity contribution is -0.137. The lowest BCUT2D eigenvalue weighted by Gasteiger charge is -2.11. The van der Waals surface area contributed by atoms with E-state index in [1.165, 1.54) is 18.9 Å². The van der Waals surface area contributed by atoms with Crippen molar-refractivity contribution in [2.45, 2.75) is 25.4 Å². The summed E-state index contributed by atoms with van der Waals surface area (Å²) in [7, 11) is 0. The molecule has 2 nitrogen and oxygen atoms in total. The Morgan fingerprint density at radius 2 is 1.94 bits per heavy atom. The third-order valence-electron chi connectivity index (χ3n) is 2.75. The topological polar surface area (TPSA) is 35.2 Å². The molecule has 17 heavy (non-hydrogen) atoms. The van der Waals surface area contributed by atoms with E-state index in [4.69, 9.17) is 10.5 Å². The number of hydrogen-bond donors (Lipinski definition) is 1. The van der Waals surface area contributed by atoms with Gasteiger partial charge in [0.25, 0.3) is 0 Å². The van der Waals surface area contributed by atoms with Gasteiger partial charge in [-0.1, -0.05) is 12.8 Å². The van der Waals surface area contributed by atoms with Crippen LogP contribution in [0.5, 0.6) is 5.75 Å². The summed E-state index contributed by atoms with van der Waals surface area (Å²) in [5.74, 6) is 0.885. The number of halogens is 3. The molecule has 0 radical (unpaired) electrons. The zero-order chi connectivity index (χ0) is 12.5. The first-order valence-corrected chi connectivity index (χ1v) is 5.56. The van der Waals surface area contributed by atoms with E-state index in [0.29, 0.717) is 12.5 Å². The molecular formula is C12H14F3NO. The second kappa shape index (κ2) is 4.47. The molecule has 0 spiro atoms. The smallest absolute Gasteiger partial charge is 0.416 e. The second-order valence-electron chi connectivity index (χ2n) is 4.37. The predicted molar refractivity (Wildman–Crippen MR) is 58.7 cm³/mol. The van der Waals surface area contributed by atoms with Gasteiger partial charge in [-0.05, 0) is 24.5 Å². The van der Waals surface area contributed by atoms with Crippen molar-refractivity contribution in [3.63, 3.8) is 0 Å². The average molecular weight is 245 g/mol. The highest BCUT2D eigenvalue weighted by Gasteiger charge is 2.31. The number of benzene rings is 1. The van der Waals surface area contributed by atoms with Crippen LogP contribution in [-0.4, -0.2) is 6.61 Å². The summed E-state index contributed by atoms with van der Waals surface area (Å²) in [5.41, 5.74) is 4.73. The van der Waals surface area contributed by atoms with Crippen LogP contribution in [0.3, 0.4) is 0 Å². The van der Waals surface area contributed by atoms with E-state index in [9.17, 15) is 13.2 Å². The van der Waals surface area contributed by atoms with E-state index in [2.05, 4.69) is 0 Å². The van der Waals surface area contributed by atoms with Gasteiger partial charge in [-0.15, -0.1) is 0 Å². The van der Waals surface area contributed by atoms with Crippen LogP contribution >= 0.6 is 0 Å². The van der Waals surface area contributed by atoms with Gasteiger partial charge in [0.2, 0.25) is 0 Å². The van der Waals surface area contributed by atoms with Crippen molar-refractivity contribution in [2.75, 3.05) is 12.3 Å². The molecule has 0 aromatic heterocycles. The van der Waals surface area contributed by atoms with Gasteiger partial charge in [0.05, 0.1) is 12.2 Å². The third kappa shape index (κ3) is 3.54. The fraction of sp³-hybridized carbons (Fsp3) is 0.500. The minimum Gasteiger partial charge on any atom is -0.493 e. The highest BCUT2D eigenvalue weighted by atomic mass is 19.4. The monoisotopic (exact) mass is 245 g/mol. The summed E-state index contributed by atoms with van der Waals surface area (Å²) in [6.45, 7) is 0.450. The molecule has 2 N–H and O–H groups in total. The molecule has 0 heterocycles. The van der Waals surface area contributed by atoms with Gasteiger partial charge < -0.3 is 10.5 Å². The average Bonchev–Trinajstić information content (AvgIpc) is 2.99. The minimum atomic E-state index is -4.38. The van der Waals surface area contributed by atoms with Gasteiger partial charge in [-0.2, -0.15) is 13.2 Å². The van der Waals surface area contributed by atoms with Gasteiger partial charge >= 0.3 is 6.18 Å². The van der Waals surface area contributed by atoms with Gasteiger partial charge in [0.15, 0.2) is 0 Å². The molecule has 0 aliphatic heterocycles. The Labute approximate surface area is 97.6 Å². The fourth-order valence-corrected chi connectivity index (χ4v) is 1.62. The van der Waals surface area contributed by atoms with E-state index < -0.39 is 11.7 Å². The summed E-state index contributed by atoms with van der Waals surface area (Å²) < 4.78 is 42.8. The van der Waals surface area contributed by atoms with Crippen molar-refractivity contribution in [3.8, 4) is 5.75 Å². The Morgan fingerprint density at radius 1 is 1.24 bits per heavy atom. The molecule has 2 rings (SSSR count). The third-order valence-corrected chi connectivity index (χ3v) is 2.75. The Morgan fingerprint density at radius 3 is 2.53 bits per heavy atom. The van der Waals surface area contributed by atoms with E-state index in [1.54, 1.807) is 0 Å². The van der Waals surface area contributed by atoms with Crippen molar-refractivity contribution >= 4 is 5.69 Å². The number of rotatable bonds is 4. The Kier molecular flexibility index (Phi) is 3.17. The summed E-state index contributed by atoms with van der Waals surface area (Å²) in [5, 5.41) is 0. The Hall–Kier alpha value is -1.39. The first kappa shape index (κ1) is 12.1. The van der Waals surface area contributed by atoms with Gasteiger partial charge in [-0.25, -0.2) is 0 Å².